The maximum Gasteiger partial charge on any atom is 0.236 e. The molecule has 3 aliphatic rings. The van der Waals surface area contributed by atoms with Crippen LogP contribution in [0.5, 0.6) is 5.75 Å². The Morgan fingerprint density at radius 1 is 1.26 bits per heavy atom. The normalized spacial score (nSPS) is 25.2. The Hall–Kier alpha value is -1.66. The van der Waals surface area contributed by atoms with E-state index in [4.69, 9.17) is 9.47 Å². The van der Waals surface area contributed by atoms with Crippen molar-refractivity contribution in [2.45, 2.75) is 44.1 Å². The summed E-state index contributed by atoms with van der Waals surface area (Å²) in [7, 11) is 0. The van der Waals surface area contributed by atoms with Crippen LogP contribution >= 0.6 is 0 Å². The summed E-state index contributed by atoms with van der Waals surface area (Å²) in [4.78, 5) is 20.8. The molecule has 4 heterocycles. The molecule has 0 N–H and O–H groups in total. The van der Waals surface area contributed by atoms with Crippen molar-refractivity contribution in [2.75, 3.05) is 45.9 Å². The molecule has 1 spiro atoms. The fourth-order valence-electron chi connectivity index (χ4n) is 4.84. The summed E-state index contributed by atoms with van der Waals surface area (Å²) in [5, 5.41) is 0. The number of carbonyl (C=O) groups excluding carboxylic acids is 1. The highest BCUT2D eigenvalue weighted by atomic mass is 16.5. The van der Waals surface area contributed by atoms with Crippen LogP contribution in [0.4, 0.5) is 0 Å². The summed E-state index contributed by atoms with van der Waals surface area (Å²) in [6.45, 7) is 5.93. The minimum absolute atomic E-state index is 0.00844. The smallest absolute Gasteiger partial charge is 0.236 e. The number of nitrogens with zero attached hydrogens (tertiary/aromatic N) is 3. The van der Waals surface area contributed by atoms with Crippen molar-refractivity contribution in [3.8, 4) is 5.75 Å². The highest BCUT2D eigenvalue weighted by Crippen LogP contribution is 2.42. The summed E-state index contributed by atoms with van der Waals surface area (Å²) in [5.41, 5.74) is -0.00844. The molecule has 4 rings (SSSR count). The number of likely N-dealkylation sites (tertiary alicyclic amines) is 2. The average molecular weight is 373 g/mol. The average Bonchev–Trinajstić information content (AvgIpc) is 3.36. The fraction of sp³-hybridized carbons (Fsp3) is 0.714. The third-order valence-electron chi connectivity index (χ3n) is 6.49. The fourth-order valence-corrected chi connectivity index (χ4v) is 4.84. The summed E-state index contributed by atoms with van der Waals surface area (Å²) in [6.07, 6.45) is 10.0. The predicted molar refractivity (Wildman–Crippen MR) is 103 cm³/mol. The quantitative estimate of drug-likeness (QED) is 0.766. The lowest BCUT2D eigenvalue weighted by atomic mass is 9.78. The molecule has 0 saturated carbocycles. The van der Waals surface area contributed by atoms with Crippen LogP contribution in [0.3, 0.4) is 0 Å². The number of piperidine rings is 1. The predicted octanol–water partition coefficient (Wildman–Crippen LogP) is 2.34. The Morgan fingerprint density at radius 3 is 2.81 bits per heavy atom. The van der Waals surface area contributed by atoms with E-state index in [1.807, 2.05) is 17.0 Å². The molecule has 1 amide bonds. The van der Waals surface area contributed by atoms with Gasteiger partial charge in [0.15, 0.2) is 0 Å². The monoisotopic (exact) mass is 373 g/mol. The molecule has 0 aliphatic carbocycles. The lowest BCUT2D eigenvalue weighted by Crippen LogP contribution is -2.50. The number of aromatic nitrogens is 1. The first-order valence-electron chi connectivity index (χ1n) is 10.4. The first kappa shape index (κ1) is 18.7. The number of ether oxygens (including phenoxy) is 2. The van der Waals surface area contributed by atoms with E-state index in [2.05, 4.69) is 9.88 Å². The SMILES string of the molecule is O=C(CN1CCC2(CC1)OCCC2CCOc1cccnc1)N1CCCC1. The van der Waals surface area contributed by atoms with Gasteiger partial charge in [-0.15, -0.1) is 0 Å². The highest BCUT2D eigenvalue weighted by Gasteiger charge is 2.46. The lowest BCUT2D eigenvalue weighted by molar-refractivity contribution is -0.133. The summed E-state index contributed by atoms with van der Waals surface area (Å²) < 4.78 is 12.1. The molecule has 1 aromatic rings. The van der Waals surface area contributed by atoms with Gasteiger partial charge < -0.3 is 14.4 Å². The highest BCUT2D eigenvalue weighted by molar-refractivity contribution is 5.78. The Kier molecular flexibility index (Phi) is 5.93. The van der Waals surface area contributed by atoms with Gasteiger partial charge in [0.1, 0.15) is 5.75 Å². The molecule has 1 aromatic heterocycles. The third-order valence-corrected chi connectivity index (χ3v) is 6.49. The van der Waals surface area contributed by atoms with E-state index in [-0.39, 0.29) is 5.60 Å². The van der Waals surface area contributed by atoms with Gasteiger partial charge in [0.25, 0.3) is 0 Å². The van der Waals surface area contributed by atoms with Gasteiger partial charge in [-0.25, -0.2) is 0 Å². The van der Waals surface area contributed by atoms with Gasteiger partial charge in [-0.2, -0.15) is 0 Å². The van der Waals surface area contributed by atoms with Crippen LogP contribution in [-0.4, -0.2) is 72.2 Å². The molecule has 148 valence electrons. The van der Waals surface area contributed by atoms with Crippen LogP contribution in [0.2, 0.25) is 0 Å². The molecule has 1 unspecified atom stereocenters. The lowest BCUT2D eigenvalue weighted by Gasteiger charge is -2.42. The van der Waals surface area contributed by atoms with Gasteiger partial charge >= 0.3 is 0 Å². The molecular formula is C21H31N3O3. The first-order chi connectivity index (χ1) is 13.3. The Morgan fingerprint density at radius 2 is 2.07 bits per heavy atom. The van der Waals surface area contributed by atoms with E-state index >= 15 is 0 Å². The van der Waals surface area contributed by atoms with Crippen molar-refractivity contribution in [3.63, 3.8) is 0 Å². The third kappa shape index (κ3) is 4.43. The molecule has 3 saturated heterocycles. The van der Waals surface area contributed by atoms with Crippen molar-refractivity contribution in [1.82, 2.24) is 14.8 Å². The molecule has 6 nitrogen and oxygen atoms in total. The van der Waals surface area contributed by atoms with Gasteiger partial charge in [0.2, 0.25) is 5.91 Å². The molecule has 3 fully saturated rings. The maximum absolute atomic E-state index is 12.4. The molecule has 3 aliphatic heterocycles. The summed E-state index contributed by atoms with van der Waals surface area (Å²) in [5.74, 6) is 1.68. The Balaban J connectivity index is 1.24. The molecule has 0 bridgehead atoms. The largest absolute Gasteiger partial charge is 0.492 e. The molecule has 0 radical (unpaired) electrons. The molecule has 1 atom stereocenters. The molecular weight excluding hydrogens is 342 g/mol. The van der Waals surface area contributed by atoms with Crippen molar-refractivity contribution < 1.29 is 14.3 Å². The van der Waals surface area contributed by atoms with Gasteiger partial charge in [-0.1, -0.05) is 0 Å². The van der Waals surface area contributed by atoms with E-state index < -0.39 is 0 Å². The number of rotatable bonds is 6. The van der Waals surface area contributed by atoms with Gasteiger partial charge in [0.05, 0.1) is 24.9 Å². The molecule has 27 heavy (non-hydrogen) atoms. The minimum Gasteiger partial charge on any atom is -0.492 e. The zero-order chi connectivity index (χ0) is 18.5. The standard InChI is InChI=1S/C21H31N3O3/c25-20(24-10-1-2-11-24)17-23-12-7-21(8-13-23)18(6-15-27-21)5-14-26-19-4-3-9-22-16-19/h3-4,9,16,18H,1-2,5-8,10-15,17H2. The zero-order valence-corrected chi connectivity index (χ0v) is 16.1. The number of amides is 1. The van der Waals surface area contributed by atoms with Crippen molar-refractivity contribution >= 4 is 5.91 Å². The van der Waals surface area contributed by atoms with Gasteiger partial charge in [-0.05, 0) is 56.6 Å². The number of carbonyl (C=O) groups is 1. The van der Waals surface area contributed by atoms with Gasteiger partial charge in [0, 0.05) is 39.0 Å². The van der Waals surface area contributed by atoms with E-state index in [0.717, 1.165) is 77.1 Å². The second-order valence-electron chi connectivity index (χ2n) is 8.09. The minimum atomic E-state index is -0.00844. The molecule has 0 aromatic carbocycles. The van der Waals surface area contributed by atoms with Crippen LogP contribution in [0.1, 0.15) is 38.5 Å². The van der Waals surface area contributed by atoms with E-state index in [0.29, 0.717) is 25.0 Å². The van der Waals surface area contributed by atoms with Crippen molar-refractivity contribution in [2.24, 2.45) is 5.92 Å². The van der Waals surface area contributed by atoms with Crippen molar-refractivity contribution in [3.05, 3.63) is 24.5 Å². The van der Waals surface area contributed by atoms with E-state index in [1.165, 1.54) is 0 Å². The molecule has 6 heteroatoms. The zero-order valence-electron chi connectivity index (χ0n) is 16.1. The van der Waals surface area contributed by atoms with Crippen LogP contribution in [0, 0.1) is 5.92 Å². The number of hydrogen-bond donors (Lipinski definition) is 0. The van der Waals surface area contributed by atoms with E-state index in [9.17, 15) is 4.79 Å². The van der Waals surface area contributed by atoms with Gasteiger partial charge in [-0.3, -0.25) is 14.7 Å². The number of pyridine rings is 1. The number of hydrogen-bond acceptors (Lipinski definition) is 5. The topological polar surface area (TPSA) is 54.9 Å². The Bertz CT molecular complexity index is 610. The van der Waals surface area contributed by atoms with Crippen LogP contribution < -0.4 is 4.74 Å². The van der Waals surface area contributed by atoms with Crippen LogP contribution in [-0.2, 0) is 9.53 Å². The summed E-state index contributed by atoms with van der Waals surface area (Å²) >= 11 is 0. The van der Waals surface area contributed by atoms with Crippen LogP contribution in [0.25, 0.3) is 0 Å². The second-order valence-corrected chi connectivity index (χ2v) is 8.09. The first-order valence-corrected chi connectivity index (χ1v) is 10.4. The van der Waals surface area contributed by atoms with Crippen molar-refractivity contribution in [1.29, 1.82) is 0 Å². The van der Waals surface area contributed by atoms with Crippen LogP contribution in [0.15, 0.2) is 24.5 Å². The summed E-state index contributed by atoms with van der Waals surface area (Å²) in [6, 6.07) is 3.85. The maximum atomic E-state index is 12.4. The second kappa shape index (κ2) is 8.57. The Labute approximate surface area is 161 Å². The van der Waals surface area contributed by atoms with E-state index in [1.54, 1.807) is 12.4 Å².